The van der Waals surface area contributed by atoms with Gasteiger partial charge in [-0.1, -0.05) is 0 Å². The number of nitrogens with two attached hydrogens (primary N) is 2. The first-order valence-corrected chi connectivity index (χ1v) is 7.77. The summed E-state index contributed by atoms with van der Waals surface area (Å²) in [5.41, 5.74) is 10.4. The minimum absolute atomic E-state index is 0.152. The average Bonchev–Trinajstić information content (AvgIpc) is 2.54. The van der Waals surface area contributed by atoms with Crippen molar-refractivity contribution < 1.29 is 34.2 Å². The Balaban J connectivity index is 4.76. The summed E-state index contributed by atoms with van der Waals surface area (Å²) in [6.07, 6.45) is -1.50. The molecule has 0 aliphatic heterocycles. The van der Waals surface area contributed by atoms with Crippen molar-refractivity contribution in [2.75, 3.05) is 6.54 Å². The van der Waals surface area contributed by atoms with E-state index in [1.165, 1.54) is 13.8 Å². The minimum atomic E-state index is -1.28. The summed E-state index contributed by atoms with van der Waals surface area (Å²) in [6.45, 7) is 2.00. The van der Waals surface area contributed by atoms with Gasteiger partial charge in [0.1, 0.15) is 18.1 Å². The van der Waals surface area contributed by atoms with Crippen molar-refractivity contribution in [3.63, 3.8) is 0 Å². The highest BCUT2D eigenvalue weighted by atomic mass is 16.4. The number of aliphatic hydroxyl groups excluding tert-OH is 1. The Labute approximate surface area is 149 Å². The molecule has 4 atom stereocenters. The fourth-order valence-corrected chi connectivity index (χ4v) is 1.68. The third-order valence-electron chi connectivity index (χ3n) is 3.31. The molecule has 0 heterocycles. The Kier molecular flexibility index (Phi) is 9.84. The number of aliphatic carboxylic acids is 1. The summed E-state index contributed by atoms with van der Waals surface area (Å²) in [5.74, 6) is -4.35. The van der Waals surface area contributed by atoms with E-state index in [1.807, 2.05) is 0 Å². The Bertz CT molecular complexity index is 552. The van der Waals surface area contributed by atoms with Crippen LogP contribution in [-0.4, -0.2) is 70.6 Å². The number of primary amides is 1. The molecule has 4 amide bonds. The fraction of sp³-hybridized carbons (Fsp3) is 0.643. The quantitative estimate of drug-likeness (QED) is 0.189. The molecular weight excluding hydrogens is 350 g/mol. The molecule has 148 valence electrons. The van der Waals surface area contributed by atoms with Crippen LogP contribution < -0.4 is 27.4 Å². The van der Waals surface area contributed by atoms with Crippen molar-refractivity contribution in [3.8, 4) is 0 Å². The molecule has 0 aromatic heterocycles. The van der Waals surface area contributed by atoms with E-state index in [0.717, 1.165) is 0 Å². The lowest BCUT2D eigenvalue weighted by molar-refractivity contribution is -0.141. The second kappa shape index (κ2) is 11.0. The maximum atomic E-state index is 12.1. The summed E-state index contributed by atoms with van der Waals surface area (Å²) in [6, 6.07) is -3.66. The lowest BCUT2D eigenvalue weighted by Gasteiger charge is -2.20. The molecule has 0 aliphatic carbocycles. The number of carbonyl (C=O) groups excluding carboxylic acids is 4. The van der Waals surface area contributed by atoms with Crippen LogP contribution in [0.4, 0.5) is 0 Å². The molecule has 0 saturated carbocycles. The number of carboxylic acids is 1. The van der Waals surface area contributed by atoms with Crippen LogP contribution in [0.5, 0.6) is 0 Å². The van der Waals surface area contributed by atoms with Crippen molar-refractivity contribution in [2.24, 2.45) is 11.5 Å². The molecule has 0 aromatic rings. The normalized spacial score (nSPS) is 15.1. The molecule has 4 unspecified atom stereocenters. The summed E-state index contributed by atoms with van der Waals surface area (Å²) < 4.78 is 0. The molecule has 12 nitrogen and oxygen atoms in total. The van der Waals surface area contributed by atoms with Gasteiger partial charge in [-0.15, -0.1) is 0 Å². The highest BCUT2D eigenvalue weighted by molar-refractivity contribution is 5.92. The monoisotopic (exact) mass is 375 g/mol. The highest BCUT2D eigenvalue weighted by Gasteiger charge is 2.25. The number of hydrogen-bond donors (Lipinski definition) is 7. The zero-order valence-corrected chi connectivity index (χ0v) is 14.5. The van der Waals surface area contributed by atoms with E-state index < -0.39 is 60.4 Å². The van der Waals surface area contributed by atoms with Crippen LogP contribution in [0.1, 0.15) is 26.7 Å². The molecule has 12 heteroatoms. The van der Waals surface area contributed by atoms with E-state index in [4.69, 9.17) is 16.6 Å². The number of carboxylic acid groups (broad SMARTS) is 1. The molecule has 26 heavy (non-hydrogen) atoms. The van der Waals surface area contributed by atoms with Gasteiger partial charge in [0.05, 0.1) is 12.6 Å². The van der Waals surface area contributed by atoms with Crippen molar-refractivity contribution in [3.05, 3.63) is 0 Å². The Morgan fingerprint density at radius 2 is 1.62 bits per heavy atom. The van der Waals surface area contributed by atoms with Gasteiger partial charge < -0.3 is 37.6 Å². The van der Waals surface area contributed by atoms with Crippen LogP contribution in [0.2, 0.25) is 0 Å². The average molecular weight is 375 g/mol. The molecule has 0 fully saturated rings. The van der Waals surface area contributed by atoms with Crippen LogP contribution >= 0.6 is 0 Å². The summed E-state index contributed by atoms with van der Waals surface area (Å²) in [5, 5.41) is 24.6. The molecular formula is C14H25N5O7. The molecule has 0 aromatic carbocycles. The SMILES string of the molecule is CC(NC(=O)C(CCC(N)=O)NC(=O)CNC(=O)C(N)C(C)O)C(=O)O. The lowest BCUT2D eigenvalue weighted by Crippen LogP contribution is -2.54. The third kappa shape index (κ3) is 8.94. The molecule has 0 spiro atoms. The maximum Gasteiger partial charge on any atom is 0.325 e. The van der Waals surface area contributed by atoms with E-state index in [2.05, 4.69) is 16.0 Å². The Morgan fingerprint density at radius 3 is 2.08 bits per heavy atom. The van der Waals surface area contributed by atoms with Gasteiger partial charge in [-0.3, -0.25) is 24.0 Å². The van der Waals surface area contributed by atoms with Crippen molar-refractivity contribution >= 4 is 29.6 Å². The number of hydrogen-bond acceptors (Lipinski definition) is 7. The smallest absolute Gasteiger partial charge is 0.325 e. The lowest BCUT2D eigenvalue weighted by atomic mass is 10.1. The van der Waals surface area contributed by atoms with Crippen molar-refractivity contribution in [1.82, 2.24) is 16.0 Å². The zero-order valence-electron chi connectivity index (χ0n) is 14.5. The summed E-state index contributed by atoms with van der Waals surface area (Å²) in [7, 11) is 0. The summed E-state index contributed by atoms with van der Waals surface area (Å²) >= 11 is 0. The third-order valence-corrected chi connectivity index (χ3v) is 3.31. The molecule has 0 rings (SSSR count). The van der Waals surface area contributed by atoms with Gasteiger partial charge in [-0.05, 0) is 20.3 Å². The van der Waals surface area contributed by atoms with Gasteiger partial charge in [-0.25, -0.2) is 0 Å². The number of rotatable bonds is 11. The Hall–Kier alpha value is -2.73. The van der Waals surface area contributed by atoms with Gasteiger partial charge >= 0.3 is 5.97 Å². The van der Waals surface area contributed by atoms with E-state index in [-0.39, 0.29) is 12.8 Å². The van der Waals surface area contributed by atoms with Crippen molar-refractivity contribution in [2.45, 2.75) is 50.9 Å². The minimum Gasteiger partial charge on any atom is -0.480 e. The van der Waals surface area contributed by atoms with Gasteiger partial charge in [0.25, 0.3) is 0 Å². The molecule has 0 saturated heterocycles. The number of aliphatic hydroxyl groups is 1. The van der Waals surface area contributed by atoms with Crippen LogP contribution in [0.15, 0.2) is 0 Å². The predicted octanol–water partition coefficient (Wildman–Crippen LogP) is -3.85. The van der Waals surface area contributed by atoms with Crippen LogP contribution in [0, 0.1) is 0 Å². The van der Waals surface area contributed by atoms with Gasteiger partial charge in [0.2, 0.25) is 23.6 Å². The van der Waals surface area contributed by atoms with Crippen LogP contribution in [0.25, 0.3) is 0 Å². The number of nitrogens with one attached hydrogen (secondary N) is 3. The van der Waals surface area contributed by atoms with Gasteiger partial charge in [0, 0.05) is 6.42 Å². The molecule has 9 N–H and O–H groups in total. The van der Waals surface area contributed by atoms with Gasteiger partial charge in [-0.2, -0.15) is 0 Å². The van der Waals surface area contributed by atoms with E-state index in [1.54, 1.807) is 0 Å². The summed E-state index contributed by atoms with van der Waals surface area (Å²) in [4.78, 5) is 57.2. The Morgan fingerprint density at radius 1 is 1.04 bits per heavy atom. The molecule has 0 aliphatic rings. The second-order valence-electron chi connectivity index (χ2n) is 5.68. The molecule has 0 radical (unpaired) electrons. The second-order valence-corrected chi connectivity index (χ2v) is 5.68. The first-order valence-electron chi connectivity index (χ1n) is 7.77. The van der Waals surface area contributed by atoms with Gasteiger partial charge in [0.15, 0.2) is 0 Å². The topological polar surface area (TPSA) is 214 Å². The standard InChI is InChI=1S/C14H25N5O7/c1-6(14(25)26)18-12(23)8(3-4-9(15)21)19-10(22)5-17-13(24)11(16)7(2)20/h6-8,11,20H,3-5,16H2,1-2H3,(H2,15,21)(H,17,24)(H,18,23)(H,19,22)(H,25,26). The number of carbonyl (C=O) groups is 5. The zero-order chi connectivity index (χ0) is 20.4. The first kappa shape index (κ1) is 23.3. The number of amides is 4. The van der Waals surface area contributed by atoms with E-state index in [0.29, 0.717) is 0 Å². The van der Waals surface area contributed by atoms with Crippen molar-refractivity contribution in [1.29, 1.82) is 0 Å². The molecule has 0 bridgehead atoms. The largest absolute Gasteiger partial charge is 0.480 e. The first-order chi connectivity index (χ1) is 12.0. The maximum absolute atomic E-state index is 12.1. The van der Waals surface area contributed by atoms with E-state index >= 15 is 0 Å². The predicted molar refractivity (Wildman–Crippen MR) is 88.3 cm³/mol. The van der Waals surface area contributed by atoms with Crippen LogP contribution in [0.3, 0.4) is 0 Å². The van der Waals surface area contributed by atoms with Crippen LogP contribution in [-0.2, 0) is 24.0 Å². The van der Waals surface area contributed by atoms with E-state index in [9.17, 15) is 29.1 Å². The fourth-order valence-electron chi connectivity index (χ4n) is 1.68. The highest BCUT2D eigenvalue weighted by Crippen LogP contribution is 1.99.